The van der Waals surface area contributed by atoms with Gasteiger partial charge in [-0.3, -0.25) is 9.59 Å². The molecule has 2 aromatic carbocycles. The van der Waals surface area contributed by atoms with Crippen molar-refractivity contribution in [3.8, 4) is 11.5 Å². The number of halogens is 1. The van der Waals surface area contributed by atoms with Crippen LogP contribution in [-0.2, 0) is 9.59 Å². The van der Waals surface area contributed by atoms with Crippen molar-refractivity contribution < 1.29 is 19.1 Å². The quantitative estimate of drug-likeness (QED) is 0.444. The molecule has 8 nitrogen and oxygen atoms in total. The molecule has 1 aromatic heterocycles. The minimum atomic E-state index is -0.274. The molecule has 1 fully saturated rings. The number of likely N-dealkylation sites (tertiary alicyclic amines) is 1. The fourth-order valence-electron chi connectivity index (χ4n) is 4.54. The van der Waals surface area contributed by atoms with Crippen LogP contribution < -0.4 is 14.8 Å². The van der Waals surface area contributed by atoms with Crippen LogP contribution in [0.4, 0.5) is 11.5 Å². The molecule has 0 unspecified atom stereocenters. The molecule has 190 valence electrons. The zero-order valence-corrected chi connectivity index (χ0v) is 21.4. The molecule has 0 radical (unpaired) electrons. The number of anilines is 2. The Morgan fingerprint density at radius 2 is 1.89 bits per heavy atom. The summed E-state index contributed by atoms with van der Waals surface area (Å²) < 4.78 is 11.8. The second kappa shape index (κ2) is 10.7. The normalized spacial score (nSPS) is 16.7. The van der Waals surface area contributed by atoms with Gasteiger partial charge in [-0.05, 0) is 81.4 Å². The number of fused-ring (bicyclic) bond motifs is 1. The minimum absolute atomic E-state index is 0.252. The van der Waals surface area contributed by atoms with Crippen LogP contribution in [-0.4, -0.2) is 60.3 Å². The summed E-state index contributed by atoms with van der Waals surface area (Å²) in [5, 5.41) is 4.40. The number of carbonyl (C=O) groups excluding carboxylic acids is 2. The first-order valence-electron chi connectivity index (χ1n) is 12.1. The minimum Gasteiger partial charge on any atom is -0.493 e. The van der Waals surface area contributed by atoms with Crippen molar-refractivity contribution in [2.75, 3.05) is 39.2 Å². The third-order valence-electron chi connectivity index (χ3n) is 6.70. The second-order valence-corrected chi connectivity index (χ2v) is 9.68. The molecule has 1 saturated heterocycles. The Kier molecular flexibility index (Phi) is 7.21. The van der Waals surface area contributed by atoms with Gasteiger partial charge in [-0.1, -0.05) is 11.6 Å². The molecule has 0 bridgehead atoms. The highest BCUT2D eigenvalue weighted by Gasteiger charge is 2.20. The number of methoxy groups -OCH3 is 1. The standard InChI is InChI=1S/C28H27ClN4O4/c1-33-9-7-17(8-10-33)15-37-27-14-24-22(13-26(27)36-2)28(31-16-30-24)32-18-3-5-23(29)20(11-18)21-12-19(34)4-6-25(21)35/h3-6,11-14,16-17H,7-10,15H2,1-2H3,(H,30,31,32). The number of nitrogens with zero attached hydrogens (tertiary/aromatic N) is 3. The zero-order chi connectivity index (χ0) is 25.9. The van der Waals surface area contributed by atoms with E-state index in [0.29, 0.717) is 51.6 Å². The molecule has 3 aromatic rings. The molecule has 0 atom stereocenters. The van der Waals surface area contributed by atoms with Gasteiger partial charge in [-0.15, -0.1) is 0 Å². The predicted molar refractivity (Wildman–Crippen MR) is 144 cm³/mol. The molecule has 2 heterocycles. The number of hydrogen-bond donors (Lipinski definition) is 1. The summed E-state index contributed by atoms with van der Waals surface area (Å²) in [7, 11) is 3.75. The highest BCUT2D eigenvalue weighted by Crippen LogP contribution is 2.36. The van der Waals surface area contributed by atoms with E-state index in [2.05, 4.69) is 27.2 Å². The lowest BCUT2D eigenvalue weighted by Gasteiger charge is -2.28. The van der Waals surface area contributed by atoms with Gasteiger partial charge in [0.15, 0.2) is 23.1 Å². The first kappa shape index (κ1) is 24.9. The molecule has 37 heavy (non-hydrogen) atoms. The van der Waals surface area contributed by atoms with Crippen molar-refractivity contribution >= 4 is 51.1 Å². The summed E-state index contributed by atoms with van der Waals surface area (Å²) in [5.74, 6) is 1.77. The van der Waals surface area contributed by atoms with Crippen molar-refractivity contribution in [2.24, 2.45) is 5.92 Å². The largest absolute Gasteiger partial charge is 0.493 e. The molecular weight excluding hydrogens is 492 g/mol. The van der Waals surface area contributed by atoms with Gasteiger partial charge in [0.05, 0.1) is 19.2 Å². The summed E-state index contributed by atoms with van der Waals surface area (Å²) >= 11 is 6.38. The van der Waals surface area contributed by atoms with Crippen LogP contribution >= 0.6 is 11.6 Å². The molecule has 0 amide bonds. The maximum Gasteiger partial charge on any atom is 0.186 e. The lowest BCUT2D eigenvalue weighted by molar-refractivity contribution is -0.113. The van der Waals surface area contributed by atoms with Crippen LogP contribution in [0.5, 0.6) is 11.5 Å². The first-order chi connectivity index (χ1) is 17.9. The number of ketones is 2. The van der Waals surface area contributed by atoms with Gasteiger partial charge >= 0.3 is 0 Å². The van der Waals surface area contributed by atoms with Crippen LogP contribution in [0.1, 0.15) is 18.4 Å². The number of carbonyl (C=O) groups is 2. The number of nitrogens with one attached hydrogen (secondary N) is 1. The van der Waals surface area contributed by atoms with Crippen LogP contribution in [0.15, 0.2) is 54.9 Å². The number of allylic oxidation sites excluding steroid dienone is 4. The fraction of sp³-hybridized carbons (Fsp3) is 0.286. The number of piperidine rings is 1. The molecule has 0 saturated carbocycles. The average molecular weight is 519 g/mol. The van der Waals surface area contributed by atoms with Crippen molar-refractivity contribution in [2.45, 2.75) is 12.8 Å². The predicted octanol–water partition coefficient (Wildman–Crippen LogP) is 4.85. The Balaban J connectivity index is 1.41. The SMILES string of the molecule is COc1cc2c(Nc3ccc(Cl)c(C4=CC(=O)C=CC4=O)c3)ncnc2cc1OCC1CCN(C)CC1. The van der Waals surface area contributed by atoms with E-state index in [1.165, 1.54) is 24.6 Å². The topological polar surface area (TPSA) is 93.6 Å². The maximum absolute atomic E-state index is 12.4. The Bertz CT molecular complexity index is 1430. The molecule has 1 N–H and O–H groups in total. The first-order valence-corrected chi connectivity index (χ1v) is 12.5. The molecule has 9 heteroatoms. The monoisotopic (exact) mass is 518 g/mol. The van der Waals surface area contributed by atoms with E-state index >= 15 is 0 Å². The maximum atomic E-state index is 12.4. The smallest absolute Gasteiger partial charge is 0.186 e. The van der Waals surface area contributed by atoms with Gasteiger partial charge in [0.1, 0.15) is 12.1 Å². The third kappa shape index (κ3) is 5.50. The van der Waals surface area contributed by atoms with Gasteiger partial charge < -0.3 is 19.7 Å². The van der Waals surface area contributed by atoms with Gasteiger partial charge in [0.25, 0.3) is 0 Å². The Labute approximate surface area is 219 Å². The fourth-order valence-corrected chi connectivity index (χ4v) is 4.76. The lowest BCUT2D eigenvalue weighted by atomic mass is 9.96. The van der Waals surface area contributed by atoms with E-state index in [4.69, 9.17) is 21.1 Å². The van der Waals surface area contributed by atoms with Crippen molar-refractivity contribution in [3.63, 3.8) is 0 Å². The van der Waals surface area contributed by atoms with Gasteiger partial charge in [-0.2, -0.15) is 0 Å². The van der Waals surface area contributed by atoms with E-state index in [-0.39, 0.29) is 17.1 Å². The van der Waals surface area contributed by atoms with E-state index in [1.54, 1.807) is 25.3 Å². The number of aromatic nitrogens is 2. The summed E-state index contributed by atoms with van der Waals surface area (Å²) in [5.41, 5.74) is 2.07. The summed E-state index contributed by atoms with van der Waals surface area (Å²) in [6.45, 7) is 2.79. The van der Waals surface area contributed by atoms with E-state index in [9.17, 15) is 9.59 Å². The number of rotatable bonds is 7. The Hall–Kier alpha value is -3.75. The van der Waals surface area contributed by atoms with Crippen LogP contribution in [0, 0.1) is 5.92 Å². The van der Waals surface area contributed by atoms with Crippen molar-refractivity contribution in [3.05, 3.63) is 65.5 Å². The number of ether oxygens (including phenoxy) is 2. The van der Waals surface area contributed by atoms with Crippen LogP contribution in [0.25, 0.3) is 16.5 Å². The van der Waals surface area contributed by atoms with E-state index in [1.807, 2.05) is 12.1 Å². The Morgan fingerprint density at radius 3 is 2.68 bits per heavy atom. The highest BCUT2D eigenvalue weighted by molar-refractivity contribution is 6.39. The third-order valence-corrected chi connectivity index (χ3v) is 7.03. The molecule has 2 aliphatic rings. The number of hydrogen-bond acceptors (Lipinski definition) is 8. The molecule has 5 rings (SSSR count). The molecular formula is C28H27ClN4O4. The van der Waals surface area contributed by atoms with Crippen molar-refractivity contribution in [1.29, 1.82) is 0 Å². The van der Waals surface area contributed by atoms with Gasteiger partial charge in [0.2, 0.25) is 0 Å². The van der Waals surface area contributed by atoms with E-state index < -0.39 is 0 Å². The summed E-state index contributed by atoms with van der Waals surface area (Å²) in [4.78, 5) is 35.4. The summed E-state index contributed by atoms with van der Waals surface area (Å²) in [6.07, 6.45) is 7.49. The van der Waals surface area contributed by atoms with Crippen LogP contribution in [0.3, 0.4) is 0 Å². The molecule has 0 spiro atoms. The lowest BCUT2D eigenvalue weighted by Crippen LogP contribution is -2.32. The van der Waals surface area contributed by atoms with Crippen LogP contribution in [0.2, 0.25) is 5.02 Å². The molecule has 1 aliphatic heterocycles. The highest BCUT2D eigenvalue weighted by atomic mass is 35.5. The summed E-state index contributed by atoms with van der Waals surface area (Å²) in [6, 6.07) is 8.90. The second-order valence-electron chi connectivity index (χ2n) is 9.28. The van der Waals surface area contributed by atoms with E-state index in [0.717, 1.165) is 31.3 Å². The zero-order valence-electron chi connectivity index (χ0n) is 20.7. The van der Waals surface area contributed by atoms with Gasteiger partial charge in [-0.25, -0.2) is 9.97 Å². The van der Waals surface area contributed by atoms with Crippen molar-refractivity contribution in [1.82, 2.24) is 14.9 Å². The molecule has 1 aliphatic carbocycles. The average Bonchev–Trinajstić information content (AvgIpc) is 2.90. The number of benzene rings is 2. The van der Waals surface area contributed by atoms with Gasteiger partial charge in [0, 0.05) is 33.3 Å². The Morgan fingerprint density at radius 1 is 1.08 bits per heavy atom.